The molecule has 1 aliphatic carbocycles. The lowest BCUT2D eigenvalue weighted by Gasteiger charge is -2.28. The van der Waals surface area contributed by atoms with Crippen LogP contribution in [-0.4, -0.2) is 34.9 Å². The molecule has 0 spiro atoms. The molecular weight excluding hydrogens is 273 g/mol. The number of aliphatic hydroxyl groups excluding tert-OH is 2. The number of hydrogen-bond donors (Lipinski definition) is 3. The lowest BCUT2D eigenvalue weighted by molar-refractivity contribution is 0.0714. The predicted octanol–water partition coefficient (Wildman–Crippen LogP) is 1.20. The van der Waals surface area contributed by atoms with Gasteiger partial charge in [-0.15, -0.1) is 0 Å². The van der Waals surface area contributed by atoms with E-state index in [0.29, 0.717) is 18.4 Å². The minimum absolute atomic E-state index is 0.0995. The fraction of sp³-hybridized carbons (Fsp3) is 0.438. The SMILES string of the molecule is O=C(NC1CCCCC1O)c1cc(C#CCO)ccc1F. The van der Waals surface area contributed by atoms with E-state index >= 15 is 0 Å². The fourth-order valence-corrected chi connectivity index (χ4v) is 2.44. The smallest absolute Gasteiger partial charge is 0.254 e. The molecule has 0 radical (unpaired) electrons. The first-order valence-corrected chi connectivity index (χ1v) is 7.00. The molecule has 1 aromatic carbocycles. The van der Waals surface area contributed by atoms with Gasteiger partial charge in [0.25, 0.3) is 5.91 Å². The highest BCUT2D eigenvalue weighted by molar-refractivity contribution is 5.95. The number of rotatable bonds is 2. The Morgan fingerprint density at radius 1 is 1.38 bits per heavy atom. The highest BCUT2D eigenvalue weighted by Gasteiger charge is 2.25. The Labute approximate surface area is 123 Å². The van der Waals surface area contributed by atoms with Gasteiger partial charge in [0.1, 0.15) is 12.4 Å². The second kappa shape index (κ2) is 7.21. The van der Waals surface area contributed by atoms with Crippen molar-refractivity contribution in [2.45, 2.75) is 37.8 Å². The molecule has 1 saturated carbocycles. The average Bonchev–Trinajstić information content (AvgIpc) is 2.48. The van der Waals surface area contributed by atoms with Crippen molar-refractivity contribution < 1.29 is 19.4 Å². The summed E-state index contributed by atoms with van der Waals surface area (Å²) in [6.45, 7) is -0.298. The summed E-state index contributed by atoms with van der Waals surface area (Å²) in [5.74, 6) is 3.90. The molecule has 0 aliphatic heterocycles. The van der Waals surface area contributed by atoms with E-state index < -0.39 is 17.8 Å². The van der Waals surface area contributed by atoms with Crippen LogP contribution >= 0.6 is 0 Å². The Morgan fingerprint density at radius 2 is 2.14 bits per heavy atom. The average molecular weight is 291 g/mol. The number of nitrogens with one attached hydrogen (secondary N) is 1. The number of aliphatic hydroxyl groups is 2. The minimum atomic E-state index is -0.632. The van der Waals surface area contributed by atoms with Crippen LogP contribution in [0.4, 0.5) is 4.39 Å². The number of amides is 1. The monoisotopic (exact) mass is 291 g/mol. The van der Waals surface area contributed by atoms with E-state index in [1.165, 1.54) is 18.2 Å². The number of hydrogen-bond acceptors (Lipinski definition) is 3. The number of benzene rings is 1. The van der Waals surface area contributed by atoms with Crippen LogP contribution in [0.3, 0.4) is 0 Å². The van der Waals surface area contributed by atoms with Crippen molar-refractivity contribution in [2.75, 3.05) is 6.61 Å². The first-order valence-electron chi connectivity index (χ1n) is 7.00. The lowest BCUT2D eigenvalue weighted by Crippen LogP contribution is -2.45. The number of carbonyl (C=O) groups is 1. The maximum Gasteiger partial charge on any atom is 0.254 e. The molecule has 4 nitrogen and oxygen atoms in total. The van der Waals surface area contributed by atoms with Crippen LogP contribution in [0.5, 0.6) is 0 Å². The molecule has 0 heterocycles. The van der Waals surface area contributed by atoms with Gasteiger partial charge in [0.05, 0.1) is 17.7 Å². The molecule has 0 aromatic heterocycles. The molecule has 2 rings (SSSR count). The molecule has 1 amide bonds. The predicted molar refractivity (Wildman–Crippen MR) is 76.1 cm³/mol. The summed E-state index contributed by atoms with van der Waals surface area (Å²) in [6.07, 6.45) is 2.64. The Balaban J connectivity index is 2.14. The normalized spacial score (nSPS) is 21.3. The molecule has 112 valence electrons. The first-order chi connectivity index (χ1) is 10.1. The summed E-state index contributed by atoms with van der Waals surface area (Å²) in [5, 5.41) is 21.2. The van der Waals surface area contributed by atoms with E-state index in [1.54, 1.807) is 0 Å². The molecule has 1 aliphatic rings. The second-order valence-electron chi connectivity index (χ2n) is 5.09. The quantitative estimate of drug-likeness (QED) is 0.717. The standard InChI is InChI=1S/C16H18FNO3/c17-13-8-7-11(4-3-9-19)10-12(13)16(21)18-14-5-1-2-6-15(14)20/h7-8,10,14-15,19-20H,1-2,5-6,9H2,(H,18,21). The molecule has 5 heteroatoms. The Morgan fingerprint density at radius 3 is 2.86 bits per heavy atom. The van der Waals surface area contributed by atoms with Crippen molar-refractivity contribution in [2.24, 2.45) is 0 Å². The number of carbonyl (C=O) groups excluding carboxylic acids is 1. The topological polar surface area (TPSA) is 69.6 Å². The van der Waals surface area contributed by atoms with Crippen molar-refractivity contribution >= 4 is 5.91 Å². The Hall–Kier alpha value is -1.90. The van der Waals surface area contributed by atoms with Crippen molar-refractivity contribution in [3.05, 3.63) is 35.1 Å². The van der Waals surface area contributed by atoms with Gasteiger partial charge in [-0.3, -0.25) is 4.79 Å². The van der Waals surface area contributed by atoms with Gasteiger partial charge < -0.3 is 15.5 Å². The van der Waals surface area contributed by atoms with Gasteiger partial charge in [0.15, 0.2) is 0 Å². The van der Waals surface area contributed by atoms with E-state index in [9.17, 15) is 14.3 Å². The fourth-order valence-electron chi connectivity index (χ4n) is 2.44. The molecule has 0 bridgehead atoms. The zero-order chi connectivity index (χ0) is 15.2. The van der Waals surface area contributed by atoms with E-state index in [-0.39, 0.29) is 18.2 Å². The maximum atomic E-state index is 13.8. The van der Waals surface area contributed by atoms with Crippen LogP contribution in [-0.2, 0) is 0 Å². The molecule has 21 heavy (non-hydrogen) atoms. The first kappa shape index (κ1) is 15.5. The largest absolute Gasteiger partial charge is 0.391 e. The van der Waals surface area contributed by atoms with E-state index in [4.69, 9.17) is 5.11 Å². The molecule has 1 aromatic rings. The second-order valence-corrected chi connectivity index (χ2v) is 5.09. The van der Waals surface area contributed by atoms with Crippen LogP contribution in [0.2, 0.25) is 0 Å². The van der Waals surface area contributed by atoms with Gasteiger partial charge in [-0.2, -0.15) is 0 Å². The van der Waals surface area contributed by atoms with Crippen molar-refractivity contribution in [1.29, 1.82) is 0 Å². The lowest BCUT2D eigenvalue weighted by atomic mass is 9.92. The third kappa shape index (κ3) is 4.03. The molecular formula is C16H18FNO3. The van der Waals surface area contributed by atoms with E-state index in [2.05, 4.69) is 17.2 Å². The van der Waals surface area contributed by atoms with Crippen LogP contribution in [0.1, 0.15) is 41.6 Å². The summed E-state index contributed by atoms with van der Waals surface area (Å²) in [5.41, 5.74) is 0.359. The van der Waals surface area contributed by atoms with Gasteiger partial charge in [-0.25, -0.2) is 4.39 Å². The van der Waals surface area contributed by atoms with Gasteiger partial charge in [0, 0.05) is 5.56 Å². The van der Waals surface area contributed by atoms with Crippen molar-refractivity contribution in [1.82, 2.24) is 5.32 Å². The van der Waals surface area contributed by atoms with E-state index in [0.717, 1.165) is 12.8 Å². The third-order valence-corrected chi connectivity index (χ3v) is 3.57. The molecule has 3 N–H and O–H groups in total. The van der Waals surface area contributed by atoms with Gasteiger partial charge in [-0.05, 0) is 31.0 Å². The summed E-state index contributed by atoms with van der Waals surface area (Å²) >= 11 is 0. The zero-order valence-corrected chi connectivity index (χ0v) is 11.6. The van der Waals surface area contributed by atoms with Gasteiger partial charge in [-0.1, -0.05) is 24.7 Å². The third-order valence-electron chi connectivity index (χ3n) is 3.57. The maximum absolute atomic E-state index is 13.8. The summed E-state index contributed by atoms with van der Waals surface area (Å²) in [7, 11) is 0. The molecule has 0 saturated heterocycles. The minimum Gasteiger partial charge on any atom is -0.391 e. The Bertz CT molecular complexity index is 577. The Kier molecular flexibility index (Phi) is 5.32. The van der Waals surface area contributed by atoms with Crippen molar-refractivity contribution in [3.63, 3.8) is 0 Å². The van der Waals surface area contributed by atoms with Crippen LogP contribution < -0.4 is 5.32 Å². The molecule has 2 unspecified atom stereocenters. The van der Waals surface area contributed by atoms with Crippen LogP contribution in [0, 0.1) is 17.7 Å². The highest BCUT2D eigenvalue weighted by atomic mass is 19.1. The van der Waals surface area contributed by atoms with Crippen LogP contribution in [0.15, 0.2) is 18.2 Å². The van der Waals surface area contributed by atoms with Gasteiger partial charge in [0.2, 0.25) is 0 Å². The van der Waals surface area contributed by atoms with E-state index in [1.807, 2.05) is 0 Å². The van der Waals surface area contributed by atoms with Gasteiger partial charge >= 0.3 is 0 Å². The van der Waals surface area contributed by atoms with Crippen molar-refractivity contribution in [3.8, 4) is 11.8 Å². The number of halogens is 1. The molecule has 2 atom stereocenters. The zero-order valence-electron chi connectivity index (χ0n) is 11.6. The highest BCUT2D eigenvalue weighted by Crippen LogP contribution is 2.19. The molecule has 1 fully saturated rings. The summed E-state index contributed by atoms with van der Waals surface area (Å²) < 4.78 is 13.8. The summed E-state index contributed by atoms with van der Waals surface area (Å²) in [4.78, 5) is 12.1. The van der Waals surface area contributed by atoms with Crippen LogP contribution in [0.25, 0.3) is 0 Å². The summed E-state index contributed by atoms with van der Waals surface area (Å²) in [6, 6.07) is 3.64.